The summed E-state index contributed by atoms with van der Waals surface area (Å²) in [6, 6.07) is 9.61. The zero-order valence-corrected chi connectivity index (χ0v) is 10.5. The van der Waals surface area contributed by atoms with Crippen LogP contribution in [0.15, 0.2) is 35.9 Å². The van der Waals surface area contributed by atoms with Gasteiger partial charge in [-0.1, -0.05) is 42.0 Å². The Labute approximate surface area is 106 Å². The van der Waals surface area contributed by atoms with Crippen LogP contribution in [0.5, 0.6) is 0 Å². The molecule has 0 aliphatic carbocycles. The van der Waals surface area contributed by atoms with Crippen molar-refractivity contribution in [2.24, 2.45) is 0 Å². The minimum absolute atomic E-state index is 0. The Morgan fingerprint density at radius 1 is 1.36 bits per heavy atom. The number of carboxylic acid groups (broad SMARTS) is 1. The molecule has 0 saturated heterocycles. The molecule has 14 heavy (non-hydrogen) atoms. The Bertz CT molecular complexity index is 317. The number of rotatable bonds is 3. The van der Waals surface area contributed by atoms with E-state index in [1.807, 2.05) is 36.4 Å². The zero-order valence-electron chi connectivity index (χ0n) is 8.49. The van der Waals surface area contributed by atoms with E-state index in [2.05, 4.69) is 0 Å². The van der Waals surface area contributed by atoms with Crippen LogP contribution < -0.4 is 34.7 Å². The third-order valence-electron chi connectivity index (χ3n) is 1.64. The van der Waals surface area contributed by atoms with Gasteiger partial charge in [-0.2, -0.15) is 0 Å². The van der Waals surface area contributed by atoms with Crippen LogP contribution in [0.1, 0.15) is 18.9 Å². The normalized spacial score (nSPS) is 10.5. The van der Waals surface area contributed by atoms with Gasteiger partial charge in [0.05, 0.1) is 0 Å². The minimum atomic E-state index is -1.04. The molecule has 0 unspecified atom stereocenters. The maximum absolute atomic E-state index is 10.2. The van der Waals surface area contributed by atoms with Gasteiger partial charge in [0.1, 0.15) is 0 Å². The molecule has 68 valence electrons. The second-order valence-corrected chi connectivity index (χ2v) is 2.95. The number of carboxylic acids is 1. The van der Waals surface area contributed by atoms with E-state index < -0.39 is 5.97 Å². The molecular weight excluding hydrogens is 187 g/mol. The Morgan fingerprint density at radius 2 is 1.93 bits per heavy atom. The first kappa shape index (κ1) is 13.4. The minimum Gasteiger partial charge on any atom is -0.550 e. The molecule has 0 radical (unpaired) electrons. The van der Waals surface area contributed by atoms with Gasteiger partial charge in [0, 0.05) is 12.4 Å². The maximum Gasteiger partial charge on any atom is 1.00 e. The summed E-state index contributed by atoms with van der Waals surface area (Å²) in [6.07, 6.45) is 1.84. The average molecular weight is 198 g/mol. The smallest absolute Gasteiger partial charge is 0.550 e. The first-order valence-electron chi connectivity index (χ1n) is 4.10. The first-order chi connectivity index (χ1) is 6.18. The molecular formula is C11H11NaO2. The van der Waals surface area contributed by atoms with Crippen LogP contribution in [0.25, 0.3) is 6.08 Å². The fraction of sp³-hybridized carbons (Fsp3) is 0.182. The molecule has 0 atom stereocenters. The molecule has 1 aromatic rings. The van der Waals surface area contributed by atoms with E-state index in [9.17, 15) is 9.90 Å². The maximum atomic E-state index is 10.2. The summed E-state index contributed by atoms with van der Waals surface area (Å²) in [7, 11) is 0. The van der Waals surface area contributed by atoms with Gasteiger partial charge in [-0.05, 0) is 12.5 Å². The van der Waals surface area contributed by atoms with E-state index in [1.54, 1.807) is 6.92 Å². The summed E-state index contributed by atoms with van der Waals surface area (Å²) in [5.41, 5.74) is 1.81. The van der Waals surface area contributed by atoms with Crippen LogP contribution in [0.2, 0.25) is 0 Å². The molecule has 0 bridgehead atoms. The van der Waals surface area contributed by atoms with Crippen molar-refractivity contribution in [2.45, 2.75) is 13.3 Å². The van der Waals surface area contributed by atoms with Crippen molar-refractivity contribution in [1.82, 2.24) is 0 Å². The zero-order chi connectivity index (χ0) is 9.68. The van der Waals surface area contributed by atoms with E-state index in [4.69, 9.17) is 0 Å². The molecule has 0 fully saturated rings. The van der Waals surface area contributed by atoms with Crippen molar-refractivity contribution in [2.75, 3.05) is 0 Å². The van der Waals surface area contributed by atoms with Crippen molar-refractivity contribution in [1.29, 1.82) is 0 Å². The van der Waals surface area contributed by atoms with Gasteiger partial charge in [-0.25, -0.2) is 0 Å². The predicted octanol–water partition coefficient (Wildman–Crippen LogP) is -1.77. The molecule has 0 aliphatic heterocycles. The topological polar surface area (TPSA) is 40.1 Å². The van der Waals surface area contributed by atoms with E-state index in [1.165, 1.54) is 0 Å². The van der Waals surface area contributed by atoms with E-state index in [0.29, 0.717) is 0 Å². The van der Waals surface area contributed by atoms with Crippen LogP contribution in [0.4, 0.5) is 0 Å². The molecule has 1 aromatic carbocycles. The molecule has 0 N–H and O–H groups in total. The van der Waals surface area contributed by atoms with Crippen LogP contribution in [-0.2, 0) is 4.79 Å². The summed E-state index contributed by atoms with van der Waals surface area (Å²) in [5.74, 6) is -1.04. The van der Waals surface area contributed by atoms with E-state index >= 15 is 0 Å². The second kappa shape index (κ2) is 6.82. The van der Waals surface area contributed by atoms with Gasteiger partial charge >= 0.3 is 29.6 Å². The van der Waals surface area contributed by atoms with Gasteiger partial charge in [-0.3, -0.25) is 0 Å². The molecule has 0 amide bonds. The SMILES string of the molecule is C/C(=C\c1ccccc1)CC(=O)[O-].[Na+]. The van der Waals surface area contributed by atoms with Crippen molar-refractivity contribution >= 4 is 12.0 Å². The molecule has 0 aliphatic rings. The molecule has 2 nitrogen and oxygen atoms in total. The summed E-state index contributed by atoms with van der Waals surface area (Å²) in [5, 5.41) is 10.2. The Morgan fingerprint density at radius 3 is 2.43 bits per heavy atom. The second-order valence-electron chi connectivity index (χ2n) is 2.95. The van der Waals surface area contributed by atoms with E-state index in [0.717, 1.165) is 11.1 Å². The number of benzene rings is 1. The van der Waals surface area contributed by atoms with Crippen molar-refractivity contribution in [3.05, 3.63) is 41.5 Å². The summed E-state index contributed by atoms with van der Waals surface area (Å²) in [6.45, 7) is 1.78. The molecule has 1 rings (SSSR count). The average Bonchev–Trinajstić information content (AvgIpc) is 2.04. The summed E-state index contributed by atoms with van der Waals surface area (Å²) < 4.78 is 0. The predicted molar refractivity (Wildman–Crippen MR) is 49.7 cm³/mol. The van der Waals surface area contributed by atoms with Crippen LogP contribution >= 0.6 is 0 Å². The van der Waals surface area contributed by atoms with Crippen molar-refractivity contribution in [3.63, 3.8) is 0 Å². The van der Waals surface area contributed by atoms with E-state index in [-0.39, 0.29) is 36.0 Å². The molecule has 0 saturated carbocycles. The summed E-state index contributed by atoms with van der Waals surface area (Å²) in [4.78, 5) is 10.2. The molecule has 0 spiro atoms. The van der Waals surface area contributed by atoms with Crippen LogP contribution in [0, 0.1) is 0 Å². The molecule has 3 heteroatoms. The molecule has 0 heterocycles. The van der Waals surface area contributed by atoms with Crippen LogP contribution in [-0.4, -0.2) is 5.97 Å². The standard InChI is InChI=1S/C11H12O2.Na/c1-9(8-11(12)13)7-10-5-3-2-4-6-10;/h2-7H,8H2,1H3,(H,12,13);/q;+1/p-1/b9-7+;. The largest absolute Gasteiger partial charge is 1.00 e. The number of hydrogen-bond acceptors (Lipinski definition) is 2. The fourth-order valence-electron chi connectivity index (χ4n) is 1.11. The number of carbonyl (C=O) groups excluding carboxylic acids is 1. The van der Waals surface area contributed by atoms with Gasteiger partial charge < -0.3 is 9.90 Å². The van der Waals surface area contributed by atoms with Crippen molar-refractivity contribution in [3.8, 4) is 0 Å². The first-order valence-corrected chi connectivity index (χ1v) is 4.10. The van der Waals surface area contributed by atoms with Gasteiger partial charge in [0.25, 0.3) is 0 Å². The molecule has 0 aromatic heterocycles. The quantitative estimate of drug-likeness (QED) is 0.539. The number of carbonyl (C=O) groups is 1. The van der Waals surface area contributed by atoms with Crippen LogP contribution in [0.3, 0.4) is 0 Å². The summed E-state index contributed by atoms with van der Waals surface area (Å²) >= 11 is 0. The van der Waals surface area contributed by atoms with Crippen molar-refractivity contribution < 1.29 is 39.5 Å². The monoisotopic (exact) mass is 198 g/mol. The van der Waals surface area contributed by atoms with Gasteiger partial charge in [0.2, 0.25) is 0 Å². The Hall–Kier alpha value is -0.570. The van der Waals surface area contributed by atoms with Gasteiger partial charge in [0.15, 0.2) is 0 Å². The Balaban J connectivity index is 0.00000169. The Kier molecular flexibility index (Phi) is 6.54. The number of aliphatic carboxylic acids is 1. The fourth-order valence-corrected chi connectivity index (χ4v) is 1.11. The number of hydrogen-bond donors (Lipinski definition) is 0. The third kappa shape index (κ3) is 5.22. The van der Waals surface area contributed by atoms with Gasteiger partial charge in [-0.15, -0.1) is 0 Å². The third-order valence-corrected chi connectivity index (χ3v) is 1.64.